The van der Waals surface area contributed by atoms with Gasteiger partial charge in [0.2, 0.25) is 0 Å². The number of aryl methyl sites for hydroxylation is 2. The summed E-state index contributed by atoms with van der Waals surface area (Å²) in [5.41, 5.74) is 1.18. The lowest BCUT2D eigenvalue weighted by molar-refractivity contribution is -0.137. The Labute approximate surface area is 109 Å². The number of hydrogen-bond acceptors (Lipinski definition) is 3. The van der Waals surface area contributed by atoms with E-state index in [1.807, 2.05) is 6.92 Å². The van der Waals surface area contributed by atoms with Crippen LogP contribution in [-0.4, -0.2) is 25.8 Å². The minimum Gasteiger partial charge on any atom is -0.480 e. The van der Waals surface area contributed by atoms with Gasteiger partial charge in [-0.1, -0.05) is 6.92 Å². The van der Waals surface area contributed by atoms with E-state index in [1.165, 1.54) is 10.7 Å². The van der Waals surface area contributed by atoms with Gasteiger partial charge in [0.1, 0.15) is 18.2 Å². The van der Waals surface area contributed by atoms with Gasteiger partial charge in [-0.25, -0.2) is 14.1 Å². The molecule has 0 amide bonds. The zero-order valence-electron chi connectivity index (χ0n) is 10.7. The molecule has 0 atom stereocenters. The SMILES string of the molecule is CCc1nc(-c2ccc(F)c(C)c2)nn1CC(=O)O. The fraction of sp³-hybridized carbons (Fsp3) is 0.308. The minimum absolute atomic E-state index is 0.226. The molecular weight excluding hydrogens is 249 g/mol. The van der Waals surface area contributed by atoms with E-state index in [0.717, 1.165) is 0 Å². The van der Waals surface area contributed by atoms with Crippen molar-refractivity contribution in [2.45, 2.75) is 26.8 Å². The molecule has 1 aromatic carbocycles. The number of aliphatic carboxylic acids is 1. The number of rotatable bonds is 4. The lowest BCUT2D eigenvalue weighted by Crippen LogP contribution is -2.12. The second-order valence-corrected chi connectivity index (χ2v) is 4.22. The summed E-state index contributed by atoms with van der Waals surface area (Å²) in [5, 5.41) is 13.0. The molecule has 5 nitrogen and oxygen atoms in total. The highest BCUT2D eigenvalue weighted by Crippen LogP contribution is 2.19. The van der Waals surface area contributed by atoms with E-state index in [-0.39, 0.29) is 12.4 Å². The Morgan fingerprint density at radius 1 is 1.47 bits per heavy atom. The number of carboxylic acid groups (broad SMARTS) is 1. The van der Waals surface area contributed by atoms with E-state index in [4.69, 9.17) is 5.11 Å². The molecule has 0 spiro atoms. The number of nitrogens with zero attached hydrogens (tertiary/aromatic N) is 3. The van der Waals surface area contributed by atoms with E-state index < -0.39 is 5.97 Å². The topological polar surface area (TPSA) is 68.0 Å². The zero-order valence-corrected chi connectivity index (χ0v) is 10.7. The minimum atomic E-state index is -0.971. The van der Waals surface area contributed by atoms with Crippen LogP contribution in [-0.2, 0) is 17.8 Å². The molecule has 100 valence electrons. The van der Waals surface area contributed by atoms with Gasteiger partial charge in [-0.3, -0.25) is 4.79 Å². The van der Waals surface area contributed by atoms with Crippen LogP contribution in [0, 0.1) is 12.7 Å². The molecule has 19 heavy (non-hydrogen) atoms. The van der Waals surface area contributed by atoms with Gasteiger partial charge < -0.3 is 5.11 Å². The first-order chi connectivity index (χ1) is 9.01. The van der Waals surface area contributed by atoms with Crippen molar-refractivity contribution in [1.82, 2.24) is 14.8 Å². The average molecular weight is 263 g/mol. The summed E-state index contributed by atoms with van der Waals surface area (Å²) < 4.78 is 14.6. The van der Waals surface area contributed by atoms with Crippen molar-refractivity contribution in [1.29, 1.82) is 0 Å². The van der Waals surface area contributed by atoms with Crippen molar-refractivity contribution >= 4 is 5.97 Å². The van der Waals surface area contributed by atoms with Gasteiger partial charge in [0, 0.05) is 12.0 Å². The third-order valence-corrected chi connectivity index (χ3v) is 2.77. The quantitative estimate of drug-likeness (QED) is 0.916. The third-order valence-electron chi connectivity index (χ3n) is 2.77. The number of benzene rings is 1. The Balaban J connectivity index is 2.42. The van der Waals surface area contributed by atoms with Crippen LogP contribution in [0.3, 0.4) is 0 Å². The second kappa shape index (κ2) is 5.17. The lowest BCUT2D eigenvalue weighted by atomic mass is 10.1. The van der Waals surface area contributed by atoms with Gasteiger partial charge in [-0.15, -0.1) is 0 Å². The van der Waals surface area contributed by atoms with Gasteiger partial charge in [0.05, 0.1) is 0 Å². The molecule has 0 bridgehead atoms. The molecule has 6 heteroatoms. The van der Waals surface area contributed by atoms with E-state index in [2.05, 4.69) is 10.1 Å². The molecule has 0 aliphatic rings. The molecule has 0 unspecified atom stereocenters. The van der Waals surface area contributed by atoms with Crippen molar-refractivity contribution in [3.63, 3.8) is 0 Å². The van der Waals surface area contributed by atoms with Gasteiger partial charge in [-0.05, 0) is 30.7 Å². The van der Waals surface area contributed by atoms with Gasteiger partial charge in [0.15, 0.2) is 5.82 Å². The van der Waals surface area contributed by atoms with E-state index >= 15 is 0 Å². The third kappa shape index (κ3) is 2.78. The Morgan fingerprint density at radius 2 is 2.21 bits per heavy atom. The summed E-state index contributed by atoms with van der Waals surface area (Å²) in [6.07, 6.45) is 0.584. The Kier molecular flexibility index (Phi) is 3.59. The van der Waals surface area contributed by atoms with E-state index in [1.54, 1.807) is 19.1 Å². The Bertz CT molecular complexity index is 622. The molecule has 2 rings (SSSR count). The average Bonchev–Trinajstić information content (AvgIpc) is 2.75. The van der Waals surface area contributed by atoms with Crippen LogP contribution in [0.5, 0.6) is 0 Å². The molecule has 2 aromatic rings. The van der Waals surface area contributed by atoms with Crippen LogP contribution in [0.4, 0.5) is 4.39 Å². The highest BCUT2D eigenvalue weighted by atomic mass is 19.1. The summed E-state index contributed by atoms with van der Waals surface area (Å²) in [7, 11) is 0. The molecule has 0 saturated carbocycles. The molecule has 0 aliphatic carbocycles. The van der Waals surface area contributed by atoms with Gasteiger partial charge in [0.25, 0.3) is 0 Å². The maximum Gasteiger partial charge on any atom is 0.325 e. The maximum atomic E-state index is 13.2. The summed E-state index contributed by atoms with van der Waals surface area (Å²) in [4.78, 5) is 15.0. The Hall–Kier alpha value is -2.24. The summed E-state index contributed by atoms with van der Waals surface area (Å²) in [6, 6.07) is 4.59. The molecule has 1 aromatic heterocycles. The first-order valence-electron chi connectivity index (χ1n) is 5.93. The predicted octanol–water partition coefficient (Wildman–Crippen LogP) is 2.04. The van der Waals surface area contributed by atoms with Gasteiger partial charge >= 0.3 is 5.97 Å². The fourth-order valence-corrected chi connectivity index (χ4v) is 1.80. The molecule has 0 aliphatic heterocycles. The van der Waals surface area contributed by atoms with Gasteiger partial charge in [-0.2, -0.15) is 5.10 Å². The predicted molar refractivity (Wildman–Crippen MR) is 67.2 cm³/mol. The standard InChI is InChI=1S/C13H14FN3O2/c1-3-11-15-13(16-17(11)7-12(18)19)9-4-5-10(14)8(2)6-9/h4-6H,3,7H2,1-2H3,(H,18,19). The van der Waals surface area contributed by atoms with Crippen molar-refractivity contribution in [2.24, 2.45) is 0 Å². The van der Waals surface area contributed by atoms with Crippen LogP contribution in [0.15, 0.2) is 18.2 Å². The molecule has 0 fully saturated rings. The van der Waals surface area contributed by atoms with E-state index in [9.17, 15) is 9.18 Å². The molecule has 1 heterocycles. The number of carbonyl (C=O) groups is 1. The monoisotopic (exact) mass is 263 g/mol. The summed E-state index contributed by atoms with van der Waals surface area (Å²) in [5.74, 6) is -0.244. The molecule has 0 radical (unpaired) electrons. The van der Waals surface area contributed by atoms with Crippen molar-refractivity contribution < 1.29 is 14.3 Å². The van der Waals surface area contributed by atoms with Crippen molar-refractivity contribution in [3.8, 4) is 11.4 Å². The number of halogens is 1. The molecule has 1 N–H and O–H groups in total. The highest BCUT2D eigenvalue weighted by molar-refractivity contribution is 5.66. The lowest BCUT2D eigenvalue weighted by Gasteiger charge is -1.99. The number of aromatic nitrogens is 3. The fourth-order valence-electron chi connectivity index (χ4n) is 1.80. The largest absolute Gasteiger partial charge is 0.480 e. The summed E-state index contributed by atoms with van der Waals surface area (Å²) >= 11 is 0. The number of carboxylic acids is 1. The smallest absolute Gasteiger partial charge is 0.325 e. The zero-order chi connectivity index (χ0) is 14.0. The summed E-state index contributed by atoms with van der Waals surface area (Å²) in [6.45, 7) is 3.31. The first kappa shape index (κ1) is 13.2. The second-order valence-electron chi connectivity index (χ2n) is 4.22. The number of hydrogen-bond donors (Lipinski definition) is 1. The highest BCUT2D eigenvalue weighted by Gasteiger charge is 2.13. The molecule has 0 saturated heterocycles. The van der Waals surface area contributed by atoms with Crippen LogP contribution < -0.4 is 0 Å². The normalized spacial score (nSPS) is 10.7. The Morgan fingerprint density at radius 3 is 2.79 bits per heavy atom. The van der Waals surface area contributed by atoms with Crippen LogP contribution in [0.2, 0.25) is 0 Å². The van der Waals surface area contributed by atoms with Crippen LogP contribution in [0.1, 0.15) is 18.3 Å². The van der Waals surface area contributed by atoms with Crippen LogP contribution in [0.25, 0.3) is 11.4 Å². The maximum absolute atomic E-state index is 13.2. The van der Waals surface area contributed by atoms with Crippen molar-refractivity contribution in [2.75, 3.05) is 0 Å². The first-order valence-corrected chi connectivity index (χ1v) is 5.93. The van der Waals surface area contributed by atoms with E-state index in [0.29, 0.717) is 29.2 Å². The van der Waals surface area contributed by atoms with Crippen molar-refractivity contribution in [3.05, 3.63) is 35.4 Å². The van der Waals surface area contributed by atoms with Crippen LogP contribution >= 0.6 is 0 Å². The molecular formula is C13H14FN3O2.